The maximum absolute atomic E-state index is 8.34. The molecule has 3 heteroatoms. The third-order valence-electron chi connectivity index (χ3n) is 0.846. The van der Waals surface area contributed by atoms with Crippen molar-refractivity contribution < 1.29 is 10.2 Å². The molecule has 10 heavy (non-hydrogen) atoms. The fourth-order valence-electron chi connectivity index (χ4n) is 0.485. The second-order valence-corrected chi connectivity index (χ2v) is 2.57. The van der Waals surface area contributed by atoms with Crippen LogP contribution in [-0.4, -0.2) is 16.5 Å². The van der Waals surface area contributed by atoms with Gasteiger partial charge in [0, 0.05) is 0 Å². The van der Waals surface area contributed by atoms with Crippen LogP contribution >= 0.6 is 11.3 Å². The van der Waals surface area contributed by atoms with Gasteiger partial charge < -0.3 is 10.2 Å². The highest BCUT2D eigenvalue weighted by molar-refractivity contribution is 7.10. The van der Waals surface area contributed by atoms with Crippen LogP contribution in [0, 0.1) is 11.8 Å². The van der Waals surface area contributed by atoms with Gasteiger partial charge in [0.05, 0.1) is 4.88 Å². The van der Waals surface area contributed by atoms with E-state index in [1.165, 1.54) is 11.3 Å². The van der Waals surface area contributed by atoms with Crippen molar-refractivity contribution in [3.8, 4) is 11.8 Å². The fourth-order valence-corrected chi connectivity index (χ4v) is 1.06. The third kappa shape index (κ3) is 2.19. The molecule has 0 aromatic carbocycles. The van der Waals surface area contributed by atoms with E-state index in [0.717, 1.165) is 4.88 Å². The van der Waals surface area contributed by atoms with Gasteiger partial charge in [-0.15, -0.1) is 11.3 Å². The average molecular weight is 154 g/mol. The van der Waals surface area contributed by atoms with Crippen molar-refractivity contribution in [3.05, 3.63) is 22.4 Å². The van der Waals surface area contributed by atoms with Gasteiger partial charge in [-0.3, -0.25) is 0 Å². The highest BCUT2D eigenvalue weighted by atomic mass is 32.1. The van der Waals surface area contributed by atoms with Crippen LogP contribution < -0.4 is 0 Å². The summed E-state index contributed by atoms with van der Waals surface area (Å²) in [5.41, 5.74) is 0. The van der Waals surface area contributed by atoms with E-state index in [4.69, 9.17) is 10.2 Å². The fraction of sp³-hybridized carbons (Fsp3) is 0.143. The molecular formula is C7H6O2S. The Morgan fingerprint density at radius 1 is 1.50 bits per heavy atom. The van der Waals surface area contributed by atoms with Crippen LogP contribution in [0.5, 0.6) is 0 Å². The smallest absolute Gasteiger partial charge is 0.217 e. The zero-order chi connectivity index (χ0) is 7.40. The van der Waals surface area contributed by atoms with E-state index in [1.54, 1.807) is 0 Å². The van der Waals surface area contributed by atoms with Crippen LogP contribution in [0.15, 0.2) is 17.5 Å². The molecule has 0 unspecified atom stereocenters. The van der Waals surface area contributed by atoms with Gasteiger partial charge >= 0.3 is 0 Å². The number of thiophene rings is 1. The molecule has 1 aromatic rings. The number of hydrogen-bond acceptors (Lipinski definition) is 3. The van der Waals surface area contributed by atoms with E-state index in [0.29, 0.717) is 0 Å². The highest BCUT2D eigenvalue weighted by Crippen LogP contribution is 2.05. The molecule has 0 saturated heterocycles. The zero-order valence-corrected chi connectivity index (χ0v) is 5.93. The molecule has 0 aliphatic carbocycles. The lowest BCUT2D eigenvalue weighted by Gasteiger charge is -1.84. The van der Waals surface area contributed by atoms with Gasteiger partial charge in [0.25, 0.3) is 0 Å². The van der Waals surface area contributed by atoms with Crippen molar-refractivity contribution >= 4 is 11.3 Å². The maximum Gasteiger partial charge on any atom is 0.217 e. The Morgan fingerprint density at radius 3 is 2.80 bits per heavy atom. The van der Waals surface area contributed by atoms with Crippen LogP contribution in [0.25, 0.3) is 0 Å². The molecule has 0 aliphatic heterocycles. The van der Waals surface area contributed by atoms with E-state index in [2.05, 4.69) is 11.8 Å². The second-order valence-electron chi connectivity index (χ2n) is 1.62. The number of aliphatic hydroxyl groups excluding tert-OH is 1. The van der Waals surface area contributed by atoms with Crippen LogP contribution in [0.4, 0.5) is 0 Å². The van der Waals surface area contributed by atoms with E-state index in [9.17, 15) is 0 Å². The van der Waals surface area contributed by atoms with Gasteiger partial charge in [-0.1, -0.05) is 12.0 Å². The van der Waals surface area contributed by atoms with Gasteiger partial charge in [0.2, 0.25) is 6.29 Å². The topological polar surface area (TPSA) is 40.5 Å². The number of rotatable bonds is 0. The van der Waals surface area contributed by atoms with E-state index >= 15 is 0 Å². The van der Waals surface area contributed by atoms with Crippen molar-refractivity contribution in [3.63, 3.8) is 0 Å². The second kappa shape index (κ2) is 3.37. The van der Waals surface area contributed by atoms with Gasteiger partial charge in [0.15, 0.2) is 0 Å². The monoisotopic (exact) mass is 154 g/mol. The largest absolute Gasteiger partial charge is 0.358 e. The Kier molecular flexibility index (Phi) is 2.46. The van der Waals surface area contributed by atoms with Crippen molar-refractivity contribution in [2.75, 3.05) is 0 Å². The van der Waals surface area contributed by atoms with E-state index in [1.807, 2.05) is 17.5 Å². The summed E-state index contributed by atoms with van der Waals surface area (Å²) in [6.07, 6.45) is -1.53. The Balaban J connectivity index is 2.66. The molecule has 0 saturated carbocycles. The van der Waals surface area contributed by atoms with Crippen molar-refractivity contribution in [1.82, 2.24) is 0 Å². The van der Waals surface area contributed by atoms with Crippen LogP contribution in [0.1, 0.15) is 4.88 Å². The Hall–Kier alpha value is -0.820. The van der Waals surface area contributed by atoms with Gasteiger partial charge in [-0.2, -0.15) is 0 Å². The van der Waals surface area contributed by atoms with E-state index in [-0.39, 0.29) is 0 Å². The Bertz CT molecular complexity index is 240. The summed E-state index contributed by atoms with van der Waals surface area (Å²) in [5.74, 6) is 4.81. The lowest BCUT2D eigenvalue weighted by molar-refractivity contribution is 0.0108. The van der Waals surface area contributed by atoms with Crippen molar-refractivity contribution in [2.24, 2.45) is 0 Å². The quantitative estimate of drug-likeness (QED) is 0.420. The summed E-state index contributed by atoms with van der Waals surface area (Å²) in [6, 6.07) is 3.68. The standard InChI is InChI=1S/C7H6O2S/c8-7(9)4-3-6-2-1-5-10-6/h1-2,5,7-9H. The molecule has 0 spiro atoms. The Labute approximate surface area is 62.8 Å². The summed E-state index contributed by atoms with van der Waals surface area (Å²) in [5, 5.41) is 18.6. The molecule has 0 fully saturated rings. The van der Waals surface area contributed by atoms with Gasteiger partial charge in [-0.05, 0) is 17.4 Å². The highest BCUT2D eigenvalue weighted by Gasteiger charge is 1.86. The maximum atomic E-state index is 8.34. The first-order valence-electron chi connectivity index (χ1n) is 2.70. The number of hydrogen-bond donors (Lipinski definition) is 2. The van der Waals surface area contributed by atoms with Crippen LogP contribution in [0.3, 0.4) is 0 Å². The molecular weight excluding hydrogens is 148 g/mol. The summed E-state index contributed by atoms with van der Waals surface area (Å²) in [6.45, 7) is 0. The molecule has 0 atom stereocenters. The minimum Gasteiger partial charge on any atom is -0.358 e. The summed E-state index contributed by atoms with van der Waals surface area (Å²) in [7, 11) is 0. The Morgan fingerprint density at radius 2 is 2.30 bits per heavy atom. The zero-order valence-electron chi connectivity index (χ0n) is 5.11. The molecule has 0 bridgehead atoms. The average Bonchev–Trinajstić information content (AvgIpc) is 2.34. The van der Waals surface area contributed by atoms with Crippen molar-refractivity contribution in [1.29, 1.82) is 0 Å². The minimum absolute atomic E-state index is 0.841. The normalized spacial score (nSPS) is 9.10. The van der Waals surface area contributed by atoms with Crippen LogP contribution in [-0.2, 0) is 0 Å². The SMILES string of the molecule is OC(O)C#Cc1cccs1. The molecule has 0 aliphatic rings. The van der Waals surface area contributed by atoms with Crippen molar-refractivity contribution in [2.45, 2.75) is 6.29 Å². The molecule has 0 amide bonds. The molecule has 2 nitrogen and oxygen atoms in total. The molecule has 1 rings (SSSR count). The summed E-state index contributed by atoms with van der Waals surface area (Å²) in [4.78, 5) is 0.841. The molecule has 1 aromatic heterocycles. The molecule has 2 N–H and O–H groups in total. The first kappa shape index (κ1) is 7.29. The summed E-state index contributed by atoms with van der Waals surface area (Å²) >= 11 is 1.47. The predicted octanol–water partition coefficient (Wildman–Crippen LogP) is 0.410. The third-order valence-corrected chi connectivity index (χ3v) is 1.63. The van der Waals surface area contributed by atoms with E-state index < -0.39 is 6.29 Å². The minimum atomic E-state index is -1.53. The first-order chi connectivity index (χ1) is 4.79. The van der Waals surface area contributed by atoms with Gasteiger partial charge in [0.1, 0.15) is 0 Å². The number of aliphatic hydroxyl groups is 2. The van der Waals surface area contributed by atoms with Gasteiger partial charge in [-0.25, -0.2) is 0 Å². The molecule has 52 valence electrons. The predicted molar refractivity (Wildman–Crippen MR) is 39.4 cm³/mol. The lowest BCUT2D eigenvalue weighted by Crippen LogP contribution is -1.97. The molecule has 1 heterocycles. The van der Waals surface area contributed by atoms with Crippen LogP contribution in [0.2, 0.25) is 0 Å². The molecule has 0 radical (unpaired) electrons. The first-order valence-corrected chi connectivity index (χ1v) is 3.58. The summed E-state index contributed by atoms with van der Waals surface area (Å²) < 4.78 is 0. The lowest BCUT2D eigenvalue weighted by atomic mass is 10.4.